The molecule has 0 aliphatic carbocycles. The van der Waals surface area contributed by atoms with Crippen molar-refractivity contribution in [1.82, 2.24) is 5.32 Å². The van der Waals surface area contributed by atoms with Gasteiger partial charge in [-0.05, 0) is 47.1 Å². The Hall–Kier alpha value is -1.07. The fraction of sp³-hybridized carbons (Fsp3) is 0.500. The van der Waals surface area contributed by atoms with Crippen molar-refractivity contribution in [2.75, 3.05) is 20.3 Å². The molecule has 0 saturated heterocycles. The van der Waals surface area contributed by atoms with Crippen LogP contribution in [0.2, 0.25) is 0 Å². The number of unbranched alkanes of at least 4 members (excludes halogenated alkanes) is 1. The SMILES string of the molecule is CCCCOC(=O)COc1ccc(CNC)cc1Br. The van der Waals surface area contributed by atoms with Crippen molar-refractivity contribution < 1.29 is 14.3 Å². The van der Waals surface area contributed by atoms with E-state index in [0.29, 0.717) is 12.4 Å². The van der Waals surface area contributed by atoms with Crippen molar-refractivity contribution in [3.63, 3.8) is 0 Å². The Kier molecular flexibility index (Phi) is 7.52. The van der Waals surface area contributed by atoms with Gasteiger partial charge in [0.25, 0.3) is 0 Å². The summed E-state index contributed by atoms with van der Waals surface area (Å²) in [5.74, 6) is 0.312. The first-order chi connectivity index (χ1) is 9.17. The van der Waals surface area contributed by atoms with Gasteiger partial charge >= 0.3 is 5.97 Å². The Morgan fingerprint density at radius 3 is 2.84 bits per heavy atom. The molecule has 0 aliphatic heterocycles. The van der Waals surface area contributed by atoms with E-state index in [9.17, 15) is 4.79 Å². The highest BCUT2D eigenvalue weighted by Crippen LogP contribution is 2.25. The summed E-state index contributed by atoms with van der Waals surface area (Å²) in [5, 5.41) is 3.07. The number of nitrogens with one attached hydrogen (secondary N) is 1. The number of carbonyl (C=O) groups excluding carboxylic acids is 1. The third-order valence-electron chi connectivity index (χ3n) is 2.48. The predicted molar refractivity (Wildman–Crippen MR) is 78.3 cm³/mol. The molecule has 1 aromatic carbocycles. The van der Waals surface area contributed by atoms with Crippen LogP contribution in [-0.2, 0) is 16.1 Å². The molecule has 1 aromatic rings. The Balaban J connectivity index is 2.42. The molecule has 0 amide bonds. The van der Waals surface area contributed by atoms with E-state index in [2.05, 4.69) is 21.2 Å². The Bertz CT molecular complexity index is 410. The normalized spacial score (nSPS) is 10.3. The molecule has 106 valence electrons. The van der Waals surface area contributed by atoms with E-state index in [1.165, 1.54) is 0 Å². The van der Waals surface area contributed by atoms with Gasteiger partial charge in [0, 0.05) is 6.54 Å². The van der Waals surface area contributed by atoms with Crippen LogP contribution in [0.5, 0.6) is 5.75 Å². The summed E-state index contributed by atoms with van der Waals surface area (Å²) in [5.41, 5.74) is 1.15. The van der Waals surface area contributed by atoms with E-state index in [4.69, 9.17) is 9.47 Å². The third kappa shape index (κ3) is 6.07. The second-order valence-electron chi connectivity index (χ2n) is 4.16. The summed E-state index contributed by atoms with van der Waals surface area (Å²) in [6, 6.07) is 5.77. The van der Waals surface area contributed by atoms with Crippen molar-refractivity contribution >= 4 is 21.9 Å². The highest BCUT2D eigenvalue weighted by atomic mass is 79.9. The Morgan fingerprint density at radius 1 is 1.42 bits per heavy atom. The molecule has 0 spiro atoms. The van der Waals surface area contributed by atoms with Crippen molar-refractivity contribution in [2.24, 2.45) is 0 Å². The minimum atomic E-state index is -0.334. The lowest BCUT2D eigenvalue weighted by molar-refractivity contribution is -0.146. The fourth-order valence-corrected chi connectivity index (χ4v) is 2.02. The number of esters is 1. The van der Waals surface area contributed by atoms with Gasteiger partial charge in [-0.3, -0.25) is 0 Å². The van der Waals surface area contributed by atoms with E-state index in [1.54, 1.807) is 0 Å². The molecule has 0 aromatic heterocycles. The van der Waals surface area contributed by atoms with Crippen LogP contribution in [-0.4, -0.2) is 26.2 Å². The highest BCUT2D eigenvalue weighted by molar-refractivity contribution is 9.10. The molecular formula is C14H20BrNO3. The summed E-state index contributed by atoms with van der Waals surface area (Å²) in [7, 11) is 1.89. The van der Waals surface area contributed by atoms with Gasteiger partial charge in [-0.2, -0.15) is 0 Å². The zero-order valence-electron chi connectivity index (χ0n) is 11.4. The zero-order chi connectivity index (χ0) is 14.1. The number of benzene rings is 1. The monoisotopic (exact) mass is 329 g/mol. The van der Waals surface area contributed by atoms with E-state index in [0.717, 1.165) is 29.4 Å². The maximum Gasteiger partial charge on any atom is 0.344 e. The van der Waals surface area contributed by atoms with Gasteiger partial charge in [-0.1, -0.05) is 19.4 Å². The fourth-order valence-electron chi connectivity index (χ4n) is 1.48. The minimum Gasteiger partial charge on any atom is -0.481 e. The van der Waals surface area contributed by atoms with Crippen molar-refractivity contribution in [3.05, 3.63) is 28.2 Å². The van der Waals surface area contributed by atoms with E-state index >= 15 is 0 Å². The minimum absolute atomic E-state index is 0.0618. The van der Waals surface area contributed by atoms with Crippen LogP contribution >= 0.6 is 15.9 Å². The van der Waals surface area contributed by atoms with Crippen LogP contribution in [0.1, 0.15) is 25.3 Å². The summed E-state index contributed by atoms with van der Waals surface area (Å²) in [6.07, 6.45) is 1.89. The van der Waals surface area contributed by atoms with Crippen LogP contribution in [0, 0.1) is 0 Å². The molecule has 0 bridgehead atoms. The molecule has 0 aliphatic rings. The van der Waals surface area contributed by atoms with Crippen molar-refractivity contribution in [2.45, 2.75) is 26.3 Å². The van der Waals surface area contributed by atoms with Crippen molar-refractivity contribution in [3.8, 4) is 5.75 Å². The number of halogens is 1. The molecule has 19 heavy (non-hydrogen) atoms. The van der Waals surface area contributed by atoms with Crippen molar-refractivity contribution in [1.29, 1.82) is 0 Å². The second kappa shape index (κ2) is 8.93. The molecule has 0 unspecified atom stereocenters. The predicted octanol–water partition coefficient (Wildman–Crippen LogP) is 2.89. The van der Waals surface area contributed by atoms with Gasteiger partial charge in [0.05, 0.1) is 11.1 Å². The second-order valence-corrected chi connectivity index (χ2v) is 5.01. The maximum absolute atomic E-state index is 11.4. The topological polar surface area (TPSA) is 47.6 Å². The average molecular weight is 330 g/mol. The maximum atomic E-state index is 11.4. The molecule has 0 atom stereocenters. The van der Waals surface area contributed by atoms with Crippen LogP contribution in [0.4, 0.5) is 0 Å². The zero-order valence-corrected chi connectivity index (χ0v) is 13.0. The first kappa shape index (κ1) is 16.0. The average Bonchev–Trinajstić information content (AvgIpc) is 2.38. The van der Waals surface area contributed by atoms with Crippen LogP contribution in [0.15, 0.2) is 22.7 Å². The van der Waals surface area contributed by atoms with Gasteiger partial charge in [-0.15, -0.1) is 0 Å². The summed E-state index contributed by atoms with van der Waals surface area (Å²) in [4.78, 5) is 11.4. The lowest BCUT2D eigenvalue weighted by atomic mass is 10.2. The lowest BCUT2D eigenvalue weighted by Gasteiger charge is -2.09. The number of ether oxygens (including phenoxy) is 2. The van der Waals surface area contributed by atoms with Gasteiger partial charge in [0.1, 0.15) is 5.75 Å². The Labute approximate surface area is 122 Å². The first-order valence-electron chi connectivity index (χ1n) is 6.38. The van der Waals surface area contributed by atoms with E-state index in [-0.39, 0.29) is 12.6 Å². The largest absolute Gasteiger partial charge is 0.481 e. The quantitative estimate of drug-likeness (QED) is 0.588. The van der Waals surface area contributed by atoms with E-state index < -0.39 is 0 Å². The molecule has 0 fully saturated rings. The highest BCUT2D eigenvalue weighted by Gasteiger charge is 2.07. The van der Waals surface area contributed by atoms with Gasteiger partial charge in [0.15, 0.2) is 6.61 Å². The first-order valence-corrected chi connectivity index (χ1v) is 7.18. The van der Waals surface area contributed by atoms with Gasteiger partial charge in [-0.25, -0.2) is 4.79 Å². The number of hydrogen-bond donors (Lipinski definition) is 1. The third-order valence-corrected chi connectivity index (χ3v) is 3.10. The molecule has 1 rings (SSSR count). The van der Waals surface area contributed by atoms with Gasteiger partial charge in [0.2, 0.25) is 0 Å². The molecule has 5 heteroatoms. The van der Waals surface area contributed by atoms with E-state index in [1.807, 2.05) is 32.2 Å². The van der Waals surface area contributed by atoms with Gasteiger partial charge < -0.3 is 14.8 Å². The standard InChI is InChI=1S/C14H20BrNO3/c1-3-4-7-18-14(17)10-19-13-6-5-11(9-16-2)8-12(13)15/h5-6,8,16H,3-4,7,9-10H2,1-2H3. The number of rotatable bonds is 8. The smallest absolute Gasteiger partial charge is 0.344 e. The lowest BCUT2D eigenvalue weighted by Crippen LogP contribution is -2.15. The summed E-state index contributed by atoms with van der Waals surface area (Å²) < 4.78 is 11.3. The molecule has 4 nitrogen and oxygen atoms in total. The number of hydrogen-bond acceptors (Lipinski definition) is 4. The molecule has 0 saturated carbocycles. The summed E-state index contributed by atoms with van der Waals surface area (Å²) in [6.45, 7) is 3.24. The molecular weight excluding hydrogens is 310 g/mol. The number of carbonyl (C=O) groups is 1. The molecule has 0 heterocycles. The van der Waals surface area contributed by atoms with Crippen LogP contribution in [0.25, 0.3) is 0 Å². The van der Waals surface area contributed by atoms with Crippen LogP contribution in [0.3, 0.4) is 0 Å². The summed E-state index contributed by atoms with van der Waals surface area (Å²) >= 11 is 3.43. The van der Waals surface area contributed by atoms with Crippen LogP contribution < -0.4 is 10.1 Å². The molecule has 1 N–H and O–H groups in total. The Morgan fingerprint density at radius 2 is 2.21 bits per heavy atom. The molecule has 0 radical (unpaired) electrons.